The molecule has 166 valence electrons. The second-order valence-corrected chi connectivity index (χ2v) is 9.12. The zero-order chi connectivity index (χ0) is 21.1. The van der Waals surface area contributed by atoms with Gasteiger partial charge < -0.3 is 19.6 Å². The summed E-state index contributed by atoms with van der Waals surface area (Å²) in [4.78, 5) is 20.5. The Labute approximate surface area is 172 Å². The summed E-state index contributed by atoms with van der Waals surface area (Å²) in [6, 6.07) is -0.163. The predicted octanol–water partition coefficient (Wildman–Crippen LogP) is 2.06. The average Bonchev–Trinajstić information content (AvgIpc) is 3.42. The monoisotopic (exact) mass is 428 g/mol. The summed E-state index contributed by atoms with van der Waals surface area (Å²) in [5.74, 6) is 0.491. The molecule has 5 rings (SSSR count). The van der Waals surface area contributed by atoms with Crippen LogP contribution in [0.5, 0.6) is 0 Å². The number of alkyl halides is 3. The first-order valence-electron chi connectivity index (χ1n) is 10.8. The minimum absolute atomic E-state index is 0.0123. The largest absolute Gasteiger partial charge is 0.408 e. The van der Waals surface area contributed by atoms with E-state index >= 15 is 0 Å². The van der Waals surface area contributed by atoms with Gasteiger partial charge in [-0.2, -0.15) is 18.2 Å². The highest BCUT2D eigenvalue weighted by molar-refractivity contribution is 5.49. The molecule has 1 aliphatic carbocycles. The Hall–Kier alpha value is -1.81. The molecule has 1 N–H and O–H groups in total. The van der Waals surface area contributed by atoms with Crippen molar-refractivity contribution in [3.63, 3.8) is 0 Å². The number of morpholine rings is 1. The number of aromatic nitrogens is 2. The number of halogens is 3. The molecule has 10 heteroatoms. The quantitative estimate of drug-likeness (QED) is 0.792. The third kappa shape index (κ3) is 3.47. The third-order valence-corrected chi connectivity index (χ3v) is 7.16. The van der Waals surface area contributed by atoms with Crippen molar-refractivity contribution in [1.29, 1.82) is 0 Å². The van der Waals surface area contributed by atoms with Gasteiger partial charge in [-0.15, -0.1) is 0 Å². The molecular weight excluding hydrogens is 401 g/mol. The SMILES string of the molecule is O=c1cc(N2CC3CC2CO3)nc2n1CC[C@@H](C(F)(F)F)N2CCC1(O)CCCC1. The van der Waals surface area contributed by atoms with E-state index in [1.165, 1.54) is 15.5 Å². The number of rotatable bonds is 4. The van der Waals surface area contributed by atoms with Crippen LogP contribution in [0.25, 0.3) is 0 Å². The van der Waals surface area contributed by atoms with E-state index in [9.17, 15) is 23.1 Å². The molecule has 0 radical (unpaired) electrons. The summed E-state index contributed by atoms with van der Waals surface area (Å²) in [7, 11) is 0. The maximum Gasteiger partial charge on any atom is 0.408 e. The van der Waals surface area contributed by atoms with E-state index < -0.39 is 17.8 Å². The highest BCUT2D eigenvalue weighted by Crippen LogP contribution is 2.38. The molecule has 3 fully saturated rings. The Morgan fingerprint density at radius 2 is 2.07 bits per heavy atom. The van der Waals surface area contributed by atoms with Crippen LogP contribution in [0.2, 0.25) is 0 Å². The molecule has 2 unspecified atom stereocenters. The number of ether oxygens (including phenoxy) is 1. The zero-order valence-corrected chi connectivity index (χ0v) is 16.8. The molecule has 0 aromatic carbocycles. The van der Waals surface area contributed by atoms with Crippen LogP contribution in [0, 0.1) is 0 Å². The summed E-state index contributed by atoms with van der Waals surface area (Å²) in [6.45, 7) is 1.16. The van der Waals surface area contributed by atoms with Gasteiger partial charge in [-0.25, -0.2) is 0 Å². The topological polar surface area (TPSA) is 70.8 Å². The molecule has 1 aromatic rings. The van der Waals surface area contributed by atoms with Crippen LogP contribution in [-0.2, 0) is 11.3 Å². The summed E-state index contributed by atoms with van der Waals surface area (Å²) in [6.07, 6.45) is -0.469. The lowest BCUT2D eigenvalue weighted by Gasteiger charge is -2.40. The standard InChI is InChI=1S/C20H27F3N4O3/c21-20(22,23)15-3-7-26-17(28)10-16(27-11-14-9-13(27)12-30-14)24-18(26)25(15)8-6-19(29)4-1-2-5-19/h10,13-15,29H,1-9,11-12H2/t13?,14?,15-/m0/s1. The molecule has 4 heterocycles. The highest BCUT2D eigenvalue weighted by Gasteiger charge is 2.48. The van der Waals surface area contributed by atoms with Gasteiger partial charge in [0, 0.05) is 25.7 Å². The van der Waals surface area contributed by atoms with E-state index in [1.807, 2.05) is 4.90 Å². The molecule has 3 atom stereocenters. The first-order chi connectivity index (χ1) is 14.2. The number of hydrogen-bond acceptors (Lipinski definition) is 6. The Balaban J connectivity index is 1.49. The molecule has 2 saturated heterocycles. The van der Waals surface area contributed by atoms with Crippen molar-refractivity contribution in [1.82, 2.24) is 9.55 Å². The van der Waals surface area contributed by atoms with E-state index in [2.05, 4.69) is 4.98 Å². The minimum atomic E-state index is -4.43. The Morgan fingerprint density at radius 3 is 2.70 bits per heavy atom. The van der Waals surface area contributed by atoms with E-state index in [1.54, 1.807) is 0 Å². The first-order valence-corrected chi connectivity index (χ1v) is 10.8. The van der Waals surface area contributed by atoms with Crippen molar-refractivity contribution in [3.8, 4) is 0 Å². The fourth-order valence-electron chi connectivity index (χ4n) is 5.49. The fraction of sp³-hybridized carbons (Fsp3) is 0.800. The Kier molecular flexibility index (Phi) is 4.77. The Bertz CT molecular complexity index is 868. The highest BCUT2D eigenvalue weighted by atomic mass is 19.4. The summed E-state index contributed by atoms with van der Waals surface area (Å²) < 4.78 is 48.5. The van der Waals surface area contributed by atoms with E-state index in [0.29, 0.717) is 31.8 Å². The third-order valence-electron chi connectivity index (χ3n) is 7.16. The molecule has 1 aromatic heterocycles. The van der Waals surface area contributed by atoms with E-state index in [0.717, 1.165) is 19.3 Å². The molecule has 4 aliphatic rings. The molecule has 1 saturated carbocycles. The lowest BCUT2D eigenvalue weighted by atomic mass is 9.97. The molecule has 0 amide bonds. The van der Waals surface area contributed by atoms with E-state index in [-0.39, 0.29) is 49.6 Å². The van der Waals surface area contributed by atoms with Gasteiger partial charge in [0.05, 0.1) is 24.4 Å². The van der Waals surface area contributed by atoms with Crippen LogP contribution >= 0.6 is 0 Å². The smallest absolute Gasteiger partial charge is 0.390 e. The molecule has 30 heavy (non-hydrogen) atoms. The average molecular weight is 428 g/mol. The molecule has 2 bridgehead atoms. The molecule has 3 aliphatic heterocycles. The molecular formula is C20H27F3N4O3. The minimum Gasteiger partial charge on any atom is -0.390 e. The van der Waals surface area contributed by atoms with Gasteiger partial charge in [-0.05, 0) is 32.1 Å². The lowest BCUT2D eigenvalue weighted by molar-refractivity contribution is -0.153. The van der Waals surface area contributed by atoms with Crippen molar-refractivity contribution in [2.75, 3.05) is 29.5 Å². The number of aliphatic hydroxyl groups is 1. The van der Waals surface area contributed by atoms with Gasteiger partial charge in [0.1, 0.15) is 11.9 Å². The Morgan fingerprint density at radius 1 is 1.30 bits per heavy atom. The molecule has 0 spiro atoms. The van der Waals surface area contributed by atoms with Crippen LogP contribution in [-0.4, -0.2) is 64.3 Å². The van der Waals surface area contributed by atoms with Crippen molar-refractivity contribution < 1.29 is 23.0 Å². The number of fused-ring (bicyclic) bond motifs is 3. The van der Waals surface area contributed by atoms with Crippen molar-refractivity contribution >= 4 is 11.8 Å². The maximum atomic E-state index is 13.9. The number of hydrogen-bond donors (Lipinski definition) is 1. The van der Waals surface area contributed by atoms with Crippen LogP contribution in [0.1, 0.15) is 44.9 Å². The van der Waals surface area contributed by atoms with Crippen molar-refractivity contribution in [2.45, 2.75) is 81.5 Å². The maximum absolute atomic E-state index is 13.9. The summed E-state index contributed by atoms with van der Waals surface area (Å²) >= 11 is 0. The summed E-state index contributed by atoms with van der Waals surface area (Å²) in [5.41, 5.74) is -1.26. The number of anilines is 2. The van der Waals surface area contributed by atoms with Crippen molar-refractivity contribution in [2.24, 2.45) is 0 Å². The van der Waals surface area contributed by atoms with Gasteiger partial charge in [-0.1, -0.05) is 12.8 Å². The fourth-order valence-corrected chi connectivity index (χ4v) is 5.49. The second-order valence-electron chi connectivity index (χ2n) is 9.12. The lowest BCUT2D eigenvalue weighted by Crippen LogP contribution is -2.54. The van der Waals surface area contributed by atoms with Gasteiger partial charge in [0.25, 0.3) is 5.56 Å². The van der Waals surface area contributed by atoms with Crippen molar-refractivity contribution in [3.05, 3.63) is 16.4 Å². The van der Waals surface area contributed by atoms with E-state index in [4.69, 9.17) is 4.74 Å². The number of nitrogens with zero attached hydrogens (tertiary/aromatic N) is 4. The normalized spacial score (nSPS) is 30.2. The van der Waals surface area contributed by atoms with Crippen LogP contribution in [0.4, 0.5) is 24.9 Å². The van der Waals surface area contributed by atoms with Crippen LogP contribution in [0.15, 0.2) is 10.9 Å². The first kappa shape index (κ1) is 20.1. The van der Waals surface area contributed by atoms with Gasteiger partial charge in [-0.3, -0.25) is 9.36 Å². The molecule has 7 nitrogen and oxygen atoms in total. The second kappa shape index (κ2) is 7.12. The zero-order valence-electron chi connectivity index (χ0n) is 16.8. The van der Waals surface area contributed by atoms with Crippen LogP contribution < -0.4 is 15.4 Å². The van der Waals surface area contributed by atoms with Gasteiger partial charge in [0.15, 0.2) is 0 Å². The van der Waals surface area contributed by atoms with Crippen LogP contribution in [0.3, 0.4) is 0 Å². The predicted molar refractivity (Wildman–Crippen MR) is 104 cm³/mol. The van der Waals surface area contributed by atoms with Gasteiger partial charge in [0.2, 0.25) is 5.95 Å². The summed E-state index contributed by atoms with van der Waals surface area (Å²) in [5, 5.41) is 10.7. The van der Waals surface area contributed by atoms with Gasteiger partial charge >= 0.3 is 6.18 Å².